The predicted octanol–water partition coefficient (Wildman–Crippen LogP) is 2.92. The average molecular weight is 491 g/mol. The minimum Gasteiger partial charge on any atom is -0.486 e. The Morgan fingerprint density at radius 3 is 2.72 bits per heavy atom. The maximum Gasteiger partial charge on any atom is 0.246 e. The number of ether oxygens (including phenoxy) is 2. The third-order valence-electron chi connectivity index (χ3n) is 8.03. The summed E-state index contributed by atoms with van der Waals surface area (Å²) in [6, 6.07) is 7.01. The van der Waals surface area contributed by atoms with Crippen LogP contribution < -0.4 is 15.0 Å². The lowest BCUT2D eigenvalue weighted by atomic mass is 9.88. The van der Waals surface area contributed by atoms with Gasteiger partial charge in [0.05, 0.1) is 24.5 Å². The van der Waals surface area contributed by atoms with Crippen molar-refractivity contribution in [2.45, 2.75) is 37.8 Å². The van der Waals surface area contributed by atoms with Crippen LogP contribution in [0.25, 0.3) is 0 Å². The quantitative estimate of drug-likeness (QED) is 0.656. The van der Waals surface area contributed by atoms with Crippen LogP contribution in [0.15, 0.2) is 37.2 Å². The fourth-order valence-corrected chi connectivity index (χ4v) is 5.96. The Labute approximate surface area is 212 Å². The molecule has 9 heteroatoms. The number of hydrogen-bond donors (Lipinski definition) is 1. The van der Waals surface area contributed by atoms with E-state index in [0.717, 1.165) is 87.2 Å². The molecule has 36 heavy (non-hydrogen) atoms. The second kappa shape index (κ2) is 10.1. The van der Waals surface area contributed by atoms with E-state index < -0.39 is 0 Å². The zero-order valence-corrected chi connectivity index (χ0v) is 20.7. The predicted molar refractivity (Wildman–Crippen MR) is 138 cm³/mol. The van der Waals surface area contributed by atoms with Crippen LogP contribution in [-0.4, -0.2) is 84.2 Å². The number of piperidine rings is 1. The SMILES string of the molecule is C=CC(=O)N1CC[C@H](N2CCC(c3ccc4c(c3)Nc3ncnc(N5CCOCC5)c3CO4)CC2)C1. The Balaban J connectivity index is 1.13. The molecule has 0 saturated carbocycles. The van der Waals surface area contributed by atoms with Crippen molar-refractivity contribution >= 4 is 23.2 Å². The van der Waals surface area contributed by atoms with E-state index in [9.17, 15) is 4.79 Å². The normalized spacial score (nSPS) is 22.7. The molecule has 1 N–H and O–H groups in total. The number of aromatic nitrogens is 2. The second-order valence-corrected chi connectivity index (χ2v) is 10.0. The van der Waals surface area contributed by atoms with Crippen LogP contribution in [-0.2, 0) is 16.1 Å². The van der Waals surface area contributed by atoms with Crippen molar-refractivity contribution in [1.29, 1.82) is 0 Å². The number of nitrogens with zero attached hydrogens (tertiary/aromatic N) is 5. The molecular weight excluding hydrogens is 456 g/mol. The average Bonchev–Trinajstić information content (AvgIpc) is 3.35. The van der Waals surface area contributed by atoms with Gasteiger partial charge in [-0.25, -0.2) is 9.97 Å². The maximum absolute atomic E-state index is 12.0. The number of nitrogens with one attached hydrogen (secondary N) is 1. The summed E-state index contributed by atoms with van der Waals surface area (Å²) in [5.74, 6) is 3.15. The lowest BCUT2D eigenvalue weighted by Gasteiger charge is -2.36. The van der Waals surface area contributed by atoms with Gasteiger partial charge in [-0.3, -0.25) is 9.69 Å². The highest BCUT2D eigenvalue weighted by Gasteiger charge is 2.32. The number of carbonyl (C=O) groups is 1. The highest BCUT2D eigenvalue weighted by molar-refractivity contribution is 5.87. The fraction of sp³-hybridized carbons (Fsp3) is 0.519. The molecule has 0 spiro atoms. The second-order valence-electron chi connectivity index (χ2n) is 10.0. The van der Waals surface area contributed by atoms with Crippen molar-refractivity contribution < 1.29 is 14.3 Å². The Kier molecular flexibility index (Phi) is 6.50. The first-order chi connectivity index (χ1) is 17.7. The van der Waals surface area contributed by atoms with E-state index in [1.165, 1.54) is 11.6 Å². The molecular formula is C27H34N6O3. The highest BCUT2D eigenvalue weighted by atomic mass is 16.5. The van der Waals surface area contributed by atoms with Crippen LogP contribution in [0.3, 0.4) is 0 Å². The number of likely N-dealkylation sites (tertiary alicyclic amines) is 2. The molecule has 190 valence electrons. The summed E-state index contributed by atoms with van der Waals surface area (Å²) in [5, 5.41) is 3.55. The van der Waals surface area contributed by atoms with Crippen LogP contribution >= 0.6 is 0 Å². The topological polar surface area (TPSA) is 83.1 Å². The van der Waals surface area contributed by atoms with Gasteiger partial charge in [-0.05, 0) is 62.0 Å². The van der Waals surface area contributed by atoms with E-state index in [1.54, 1.807) is 6.33 Å². The lowest BCUT2D eigenvalue weighted by molar-refractivity contribution is -0.125. The van der Waals surface area contributed by atoms with Crippen LogP contribution in [0.4, 0.5) is 17.3 Å². The van der Waals surface area contributed by atoms with E-state index in [1.807, 2.05) is 4.90 Å². The Morgan fingerprint density at radius 1 is 1.08 bits per heavy atom. The van der Waals surface area contributed by atoms with Gasteiger partial charge in [0.2, 0.25) is 5.91 Å². The Bertz CT molecular complexity index is 1130. The van der Waals surface area contributed by atoms with E-state index in [2.05, 4.69) is 49.9 Å². The van der Waals surface area contributed by atoms with Crippen molar-refractivity contribution in [3.05, 3.63) is 48.3 Å². The van der Waals surface area contributed by atoms with E-state index in [-0.39, 0.29) is 5.91 Å². The molecule has 1 aromatic heterocycles. The monoisotopic (exact) mass is 490 g/mol. The zero-order chi connectivity index (χ0) is 24.5. The summed E-state index contributed by atoms with van der Waals surface area (Å²) in [6.07, 6.45) is 6.35. The first kappa shape index (κ1) is 23.2. The summed E-state index contributed by atoms with van der Waals surface area (Å²) >= 11 is 0. The smallest absolute Gasteiger partial charge is 0.246 e. The van der Waals surface area contributed by atoms with Gasteiger partial charge in [0.25, 0.3) is 0 Å². The largest absolute Gasteiger partial charge is 0.486 e. The molecule has 3 saturated heterocycles. The molecule has 1 atom stereocenters. The summed E-state index contributed by atoms with van der Waals surface area (Å²) in [4.78, 5) is 27.8. The van der Waals surface area contributed by atoms with Gasteiger partial charge in [0, 0.05) is 32.2 Å². The van der Waals surface area contributed by atoms with E-state index in [0.29, 0.717) is 31.8 Å². The van der Waals surface area contributed by atoms with Gasteiger partial charge in [-0.2, -0.15) is 0 Å². The first-order valence-electron chi connectivity index (χ1n) is 13.1. The molecule has 9 nitrogen and oxygen atoms in total. The summed E-state index contributed by atoms with van der Waals surface area (Å²) in [5.41, 5.74) is 3.30. The molecule has 4 aliphatic heterocycles. The first-order valence-corrected chi connectivity index (χ1v) is 13.1. The summed E-state index contributed by atoms with van der Waals surface area (Å²) in [7, 11) is 0. The number of morpholine rings is 1. The molecule has 1 aromatic carbocycles. The molecule has 4 aliphatic rings. The molecule has 2 aromatic rings. The maximum atomic E-state index is 12.0. The molecule has 1 amide bonds. The molecule has 0 aliphatic carbocycles. The van der Waals surface area contributed by atoms with Gasteiger partial charge in [-0.1, -0.05) is 12.6 Å². The van der Waals surface area contributed by atoms with Crippen molar-refractivity contribution in [3.8, 4) is 5.75 Å². The Morgan fingerprint density at radius 2 is 1.92 bits per heavy atom. The van der Waals surface area contributed by atoms with Gasteiger partial charge >= 0.3 is 0 Å². The minimum absolute atomic E-state index is 0.0518. The van der Waals surface area contributed by atoms with Crippen molar-refractivity contribution in [3.63, 3.8) is 0 Å². The fourth-order valence-electron chi connectivity index (χ4n) is 5.96. The molecule has 0 radical (unpaired) electrons. The number of benzene rings is 1. The zero-order valence-electron chi connectivity index (χ0n) is 20.7. The summed E-state index contributed by atoms with van der Waals surface area (Å²) < 4.78 is 11.7. The van der Waals surface area contributed by atoms with Gasteiger partial charge in [0.15, 0.2) is 0 Å². The number of anilines is 3. The van der Waals surface area contributed by atoms with Gasteiger partial charge in [-0.15, -0.1) is 0 Å². The van der Waals surface area contributed by atoms with Gasteiger partial charge < -0.3 is 24.6 Å². The van der Waals surface area contributed by atoms with Crippen LogP contribution in [0, 0.1) is 0 Å². The number of hydrogen-bond acceptors (Lipinski definition) is 8. The third-order valence-corrected chi connectivity index (χ3v) is 8.03. The van der Waals surface area contributed by atoms with Crippen molar-refractivity contribution in [2.24, 2.45) is 0 Å². The van der Waals surface area contributed by atoms with Crippen LogP contribution in [0.2, 0.25) is 0 Å². The van der Waals surface area contributed by atoms with Crippen LogP contribution in [0.5, 0.6) is 5.75 Å². The standard InChI is InChI=1S/C27H34N6O3/c1-2-25(34)33-10-7-21(16-33)31-8-5-19(6-9-31)20-3-4-24-23(15-20)30-26-22(17-36-24)27(29-18-28-26)32-11-13-35-14-12-32/h2-4,15,18-19,21H,1,5-14,16-17H2,(H,28,29,30)/t21-/m0/s1. The third kappa shape index (κ3) is 4.53. The number of carbonyl (C=O) groups excluding carboxylic acids is 1. The minimum atomic E-state index is 0.0518. The van der Waals surface area contributed by atoms with Crippen molar-refractivity contribution in [1.82, 2.24) is 19.8 Å². The number of rotatable bonds is 4. The summed E-state index contributed by atoms with van der Waals surface area (Å²) in [6.45, 7) is 10.9. The van der Waals surface area contributed by atoms with E-state index in [4.69, 9.17) is 9.47 Å². The number of fused-ring (bicyclic) bond motifs is 2. The Hall–Kier alpha value is -3.17. The lowest BCUT2D eigenvalue weighted by Crippen LogP contribution is -2.42. The van der Waals surface area contributed by atoms with E-state index >= 15 is 0 Å². The van der Waals surface area contributed by atoms with Crippen molar-refractivity contribution in [2.75, 3.05) is 62.7 Å². The molecule has 0 bridgehead atoms. The molecule has 3 fully saturated rings. The molecule has 6 rings (SSSR count). The molecule has 5 heterocycles. The van der Waals surface area contributed by atoms with Gasteiger partial charge in [0.1, 0.15) is 30.3 Å². The highest BCUT2D eigenvalue weighted by Crippen LogP contribution is 2.39. The molecule has 0 unspecified atom stereocenters. The van der Waals surface area contributed by atoms with Crippen LogP contribution in [0.1, 0.15) is 36.3 Å². The number of amides is 1.